The van der Waals surface area contributed by atoms with Gasteiger partial charge in [0.05, 0.1) is 0 Å². The number of rotatable bonds is 5. The summed E-state index contributed by atoms with van der Waals surface area (Å²) < 4.78 is 1.70. The van der Waals surface area contributed by atoms with E-state index in [1.165, 1.54) is 0 Å². The van der Waals surface area contributed by atoms with Crippen molar-refractivity contribution in [1.29, 1.82) is 0 Å². The lowest BCUT2D eigenvalue weighted by atomic mass is 10.1. The van der Waals surface area contributed by atoms with Crippen molar-refractivity contribution in [3.8, 4) is 0 Å². The molecular weight excluding hydrogens is 250 g/mol. The highest BCUT2D eigenvalue weighted by Crippen LogP contribution is 2.18. The second kappa shape index (κ2) is 5.74. The molecule has 0 saturated heterocycles. The number of aromatic nitrogens is 2. The van der Waals surface area contributed by atoms with Crippen LogP contribution in [0.15, 0.2) is 17.2 Å². The van der Waals surface area contributed by atoms with Crippen molar-refractivity contribution in [2.24, 2.45) is 5.92 Å². The van der Waals surface area contributed by atoms with E-state index in [0.29, 0.717) is 24.2 Å². The molecule has 1 aromatic rings. The summed E-state index contributed by atoms with van der Waals surface area (Å²) in [6.07, 6.45) is 3.40. The highest BCUT2D eigenvalue weighted by molar-refractivity contribution is 6.18. The Bertz CT molecular complexity index is 454. The Kier molecular flexibility index (Phi) is 4.79. The summed E-state index contributed by atoms with van der Waals surface area (Å²) >= 11 is 5.94. The maximum absolute atomic E-state index is 12.3. The molecule has 0 radical (unpaired) electrons. The van der Waals surface area contributed by atoms with Crippen molar-refractivity contribution in [1.82, 2.24) is 9.55 Å². The molecule has 0 aliphatic heterocycles. The lowest BCUT2D eigenvalue weighted by molar-refractivity contribution is 0.498. The zero-order valence-electron chi connectivity index (χ0n) is 11.8. The van der Waals surface area contributed by atoms with E-state index in [-0.39, 0.29) is 11.1 Å². The van der Waals surface area contributed by atoms with Crippen molar-refractivity contribution in [2.45, 2.75) is 39.8 Å². The number of halogens is 1. The average Bonchev–Trinajstić information content (AvgIpc) is 2.30. The first-order valence-electron chi connectivity index (χ1n) is 6.15. The number of nitrogens with zero attached hydrogens (tertiary/aromatic N) is 3. The van der Waals surface area contributed by atoms with Gasteiger partial charge in [-0.25, -0.2) is 4.98 Å². The minimum absolute atomic E-state index is 0.0631. The number of alkyl halides is 1. The first-order valence-corrected chi connectivity index (χ1v) is 6.68. The van der Waals surface area contributed by atoms with E-state index < -0.39 is 0 Å². The van der Waals surface area contributed by atoms with E-state index in [0.717, 1.165) is 0 Å². The Balaban J connectivity index is 3.15. The van der Waals surface area contributed by atoms with Crippen molar-refractivity contribution in [3.63, 3.8) is 0 Å². The first-order chi connectivity index (χ1) is 8.29. The summed E-state index contributed by atoms with van der Waals surface area (Å²) in [5.74, 6) is 1.30. The topological polar surface area (TPSA) is 38.1 Å². The second-order valence-corrected chi connectivity index (χ2v) is 5.87. The standard InChI is InChI=1S/C13H22ClN3O/c1-10(2)8-17-7-6-15-11(12(17)18)16(5)13(3,4)9-14/h6-7,10H,8-9H2,1-5H3. The smallest absolute Gasteiger partial charge is 0.293 e. The molecule has 1 heterocycles. The molecule has 1 rings (SSSR count). The number of anilines is 1. The Morgan fingerprint density at radius 1 is 1.50 bits per heavy atom. The van der Waals surface area contributed by atoms with E-state index in [9.17, 15) is 4.79 Å². The zero-order valence-corrected chi connectivity index (χ0v) is 12.5. The van der Waals surface area contributed by atoms with Crippen LogP contribution in [0.1, 0.15) is 27.7 Å². The van der Waals surface area contributed by atoms with Gasteiger partial charge < -0.3 is 9.47 Å². The molecule has 4 nitrogen and oxygen atoms in total. The Morgan fingerprint density at radius 3 is 2.61 bits per heavy atom. The maximum Gasteiger partial charge on any atom is 0.293 e. The monoisotopic (exact) mass is 271 g/mol. The van der Waals surface area contributed by atoms with Crippen LogP contribution in [0, 0.1) is 5.92 Å². The van der Waals surface area contributed by atoms with Gasteiger partial charge in [-0.2, -0.15) is 0 Å². The summed E-state index contributed by atoms with van der Waals surface area (Å²) in [6, 6.07) is 0. The van der Waals surface area contributed by atoms with E-state index in [2.05, 4.69) is 18.8 Å². The molecule has 0 spiro atoms. The molecule has 0 bridgehead atoms. The lowest BCUT2D eigenvalue weighted by Gasteiger charge is -2.34. The largest absolute Gasteiger partial charge is 0.349 e. The number of hydrogen-bond acceptors (Lipinski definition) is 3. The lowest BCUT2D eigenvalue weighted by Crippen LogP contribution is -2.46. The summed E-state index contributed by atoms with van der Waals surface area (Å²) in [5, 5.41) is 0. The Labute approximate surface area is 114 Å². The highest BCUT2D eigenvalue weighted by Gasteiger charge is 2.25. The van der Waals surface area contributed by atoms with Gasteiger partial charge in [0.1, 0.15) is 0 Å². The molecule has 5 heteroatoms. The van der Waals surface area contributed by atoms with Crippen molar-refractivity contribution in [3.05, 3.63) is 22.7 Å². The maximum atomic E-state index is 12.3. The van der Waals surface area contributed by atoms with Gasteiger partial charge in [0.15, 0.2) is 5.82 Å². The van der Waals surface area contributed by atoms with Gasteiger partial charge in [0.25, 0.3) is 5.56 Å². The third-order valence-corrected chi connectivity index (χ3v) is 3.66. The summed E-state index contributed by atoms with van der Waals surface area (Å²) in [5.41, 5.74) is -0.364. The Morgan fingerprint density at radius 2 is 2.11 bits per heavy atom. The third-order valence-electron chi connectivity index (χ3n) is 3.01. The van der Waals surface area contributed by atoms with E-state index in [1.54, 1.807) is 17.0 Å². The molecule has 0 atom stereocenters. The third kappa shape index (κ3) is 3.25. The number of hydrogen-bond donors (Lipinski definition) is 0. The van der Waals surface area contributed by atoms with Crippen molar-refractivity contribution < 1.29 is 0 Å². The first kappa shape index (κ1) is 15.0. The average molecular weight is 272 g/mol. The normalized spacial score (nSPS) is 11.9. The fraction of sp³-hybridized carbons (Fsp3) is 0.692. The minimum Gasteiger partial charge on any atom is -0.349 e. The van der Waals surface area contributed by atoms with Gasteiger partial charge in [-0.1, -0.05) is 13.8 Å². The van der Waals surface area contributed by atoms with Gasteiger partial charge in [-0.05, 0) is 19.8 Å². The molecule has 0 aliphatic carbocycles. The molecule has 0 unspecified atom stereocenters. The van der Waals surface area contributed by atoms with Crippen LogP contribution in [0.5, 0.6) is 0 Å². The van der Waals surface area contributed by atoms with Gasteiger partial charge in [-0.15, -0.1) is 11.6 Å². The van der Waals surface area contributed by atoms with Crippen molar-refractivity contribution >= 4 is 17.4 Å². The molecule has 0 fully saturated rings. The molecule has 0 N–H and O–H groups in total. The molecule has 102 valence electrons. The zero-order chi connectivity index (χ0) is 13.9. The van der Waals surface area contributed by atoms with Gasteiger partial charge in [0, 0.05) is 37.4 Å². The van der Waals surface area contributed by atoms with E-state index in [1.807, 2.05) is 25.8 Å². The molecule has 1 aromatic heterocycles. The fourth-order valence-electron chi connectivity index (χ4n) is 1.58. The quantitative estimate of drug-likeness (QED) is 0.772. The van der Waals surface area contributed by atoms with Crippen LogP contribution in [0.4, 0.5) is 5.82 Å². The molecule has 18 heavy (non-hydrogen) atoms. The van der Waals surface area contributed by atoms with Crippen LogP contribution in [-0.4, -0.2) is 28.0 Å². The van der Waals surface area contributed by atoms with Crippen LogP contribution in [0.3, 0.4) is 0 Å². The van der Waals surface area contributed by atoms with Gasteiger partial charge in [-0.3, -0.25) is 4.79 Å². The van der Waals surface area contributed by atoms with E-state index in [4.69, 9.17) is 11.6 Å². The van der Waals surface area contributed by atoms with Crippen LogP contribution in [-0.2, 0) is 6.54 Å². The van der Waals surface area contributed by atoms with Crippen LogP contribution >= 0.6 is 11.6 Å². The highest BCUT2D eigenvalue weighted by atomic mass is 35.5. The van der Waals surface area contributed by atoms with Crippen LogP contribution < -0.4 is 10.5 Å². The Hall–Kier alpha value is -1.03. The van der Waals surface area contributed by atoms with Crippen LogP contribution in [0.25, 0.3) is 0 Å². The second-order valence-electron chi connectivity index (χ2n) is 5.61. The van der Waals surface area contributed by atoms with Crippen molar-refractivity contribution in [2.75, 3.05) is 17.8 Å². The molecule has 0 amide bonds. The molecule has 0 aromatic carbocycles. The predicted octanol–water partition coefficient (Wildman–Crippen LogP) is 2.35. The molecular formula is C13H22ClN3O. The molecule has 0 aliphatic rings. The fourth-order valence-corrected chi connectivity index (χ4v) is 1.76. The van der Waals surface area contributed by atoms with Gasteiger partial charge in [0.2, 0.25) is 0 Å². The summed E-state index contributed by atoms with van der Waals surface area (Å²) in [7, 11) is 1.85. The summed E-state index contributed by atoms with van der Waals surface area (Å²) in [6.45, 7) is 8.84. The minimum atomic E-state index is -0.301. The van der Waals surface area contributed by atoms with E-state index >= 15 is 0 Å². The molecule has 0 saturated carbocycles. The van der Waals surface area contributed by atoms with Gasteiger partial charge >= 0.3 is 0 Å². The SMILES string of the molecule is CC(C)Cn1ccnc(N(C)C(C)(C)CCl)c1=O. The summed E-state index contributed by atoms with van der Waals surface area (Å²) in [4.78, 5) is 18.4. The predicted molar refractivity (Wildman–Crippen MR) is 76.5 cm³/mol. The van der Waals surface area contributed by atoms with Crippen LogP contribution in [0.2, 0.25) is 0 Å².